The molecule has 0 saturated heterocycles. The summed E-state index contributed by atoms with van der Waals surface area (Å²) in [5, 5.41) is 12.0. The van der Waals surface area contributed by atoms with E-state index < -0.39 is 26.2 Å². The van der Waals surface area contributed by atoms with E-state index >= 15 is 0 Å². The maximum Gasteiger partial charge on any atom is 0.408 e. The van der Waals surface area contributed by atoms with Crippen molar-refractivity contribution in [2.75, 3.05) is 13.2 Å². The summed E-state index contributed by atoms with van der Waals surface area (Å²) in [4.78, 5) is 23.9. The third-order valence-corrected chi connectivity index (χ3v) is 6.17. The van der Waals surface area contributed by atoms with Gasteiger partial charge in [0.05, 0.1) is 12.7 Å². The van der Waals surface area contributed by atoms with Crippen LogP contribution in [0.1, 0.15) is 11.1 Å². The van der Waals surface area contributed by atoms with Crippen molar-refractivity contribution in [1.82, 2.24) is 5.32 Å². The number of hydrogen-bond donors (Lipinski definition) is 1. The van der Waals surface area contributed by atoms with E-state index in [1.54, 1.807) is 18.2 Å². The van der Waals surface area contributed by atoms with E-state index in [1.807, 2.05) is 36.4 Å². The van der Waals surface area contributed by atoms with E-state index in [9.17, 15) is 14.9 Å². The average molecular weight is 455 g/mol. The number of carbonyl (C=O) groups excluding carboxylic acids is 2. The average Bonchev–Trinajstić information content (AvgIpc) is 2.76. The molecule has 0 spiro atoms. The molecule has 0 aliphatic carbocycles. The van der Waals surface area contributed by atoms with Gasteiger partial charge in [0.15, 0.2) is 6.61 Å². The molecule has 0 bridgehead atoms. The SMILES string of the molecule is C[Si](C)(C)CCOC(=O)COc1cccc(C[C@@H](C#N)NC(=O)OCc2ccccc2)c1. The molecule has 170 valence electrons. The third-order valence-electron chi connectivity index (χ3n) is 4.47. The fraction of sp³-hybridized carbons (Fsp3) is 0.375. The number of nitrogens with zero attached hydrogens (tertiary/aromatic N) is 1. The van der Waals surface area contributed by atoms with Crippen LogP contribution in [0.2, 0.25) is 25.7 Å². The summed E-state index contributed by atoms with van der Waals surface area (Å²) in [6.45, 7) is 7.01. The van der Waals surface area contributed by atoms with Gasteiger partial charge in [0, 0.05) is 14.5 Å². The van der Waals surface area contributed by atoms with Crippen LogP contribution in [0.3, 0.4) is 0 Å². The van der Waals surface area contributed by atoms with Crippen molar-refractivity contribution in [3.8, 4) is 11.8 Å². The molecule has 1 atom stereocenters. The number of carbonyl (C=O) groups is 2. The lowest BCUT2D eigenvalue weighted by atomic mass is 10.1. The Morgan fingerprint density at radius 1 is 1.03 bits per heavy atom. The molecule has 0 fully saturated rings. The molecule has 8 heteroatoms. The molecule has 2 rings (SSSR count). The fourth-order valence-corrected chi connectivity index (χ4v) is 3.40. The summed E-state index contributed by atoms with van der Waals surface area (Å²) in [5.41, 5.74) is 1.64. The molecule has 1 amide bonds. The molecule has 0 aromatic heterocycles. The van der Waals surface area contributed by atoms with Gasteiger partial charge in [-0.05, 0) is 29.3 Å². The molecule has 2 aromatic rings. The maximum absolute atomic E-state index is 12.0. The van der Waals surface area contributed by atoms with Gasteiger partial charge in [0.1, 0.15) is 18.4 Å². The zero-order valence-electron chi connectivity index (χ0n) is 18.8. The molecular formula is C24H30N2O5Si. The van der Waals surface area contributed by atoms with Crippen LogP contribution in [0.15, 0.2) is 54.6 Å². The predicted molar refractivity (Wildman–Crippen MR) is 124 cm³/mol. The summed E-state index contributed by atoms with van der Waals surface area (Å²) in [7, 11) is -1.26. The van der Waals surface area contributed by atoms with Gasteiger partial charge < -0.3 is 19.5 Å². The van der Waals surface area contributed by atoms with Crippen molar-refractivity contribution < 1.29 is 23.8 Å². The highest BCUT2D eigenvalue weighted by Gasteiger charge is 2.15. The van der Waals surface area contributed by atoms with E-state index in [4.69, 9.17) is 14.2 Å². The number of amides is 1. The highest BCUT2D eigenvalue weighted by atomic mass is 28.3. The van der Waals surface area contributed by atoms with Gasteiger partial charge in [0.2, 0.25) is 0 Å². The minimum absolute atomic E-state index is 0.127. The summed E-state index contributed by atoms with van der Waals surface area (Å²) in [6.07, 6.45) is -0.386. The number of rotatable bonds is 11. The van der Waals surface area contributed by atoms with Crippen LogP contribution in [0.5, 0.6) is 5.75 Å². The third kappa shape index (κ3) is 10.1. The minimum atomic E-state index is -1.26. The van der Waals surface area contributed by atoms with Gasteiger partial charge in [-0.1, -0.05) is 62.1 Å². The van der Waals surface area contributed by atoms with E-state index in [-0.39, 0.29) is 19.6 Å². The first-order chi connectivity index (χ1) is 15.2. The largest absolute Gasteiger partial charge is 0.482 e. The predicted octanol–water partition coefficient (Wildman–Crippen LogP) is 4.31. The molecule has 1 N–H and O–H groups in total. The highest BCUT2D eigenvalue weighted by Crippen LogP contribution is 2.15. The second-order valence-corrected chi connectivity index (χ2v) is 14.2. The van der Waals surface area contributed by atoms with E-state index in [1.165, 1.54) is 0 Å². The van der Waals surface area contributed by atoms with Crippen LogP contribution < -0.4 is 10.1 Å². The first-order valence-corrected chi connectivity index (χ1v) is 14.2. The molecule has 0 unspecified atom stereocenters. The van der Waals surface area contributed by atoms with Crippen molar-refractivity contribution in [1.29, 1.82) is 5.26 Å². The Morgan fingerprint density at radius 3 is 2.44 bits per heavy atom. The van der Waals surface area contributed by atoms with Gasteiger partial charge in [-0.2, -0.15) is 5.26 Å². The topological polar surface area (TPSA) is 97.6 Å². The van der Waals surface area contributed by atoms with Crippen LogP contribution >= 0.6 is 0 Å². The molecule has 0 aliphatic rings. The number of nitrogens with one attached hydrogen (secondary N) is 1. The number of esters is 1. The number of hydrogen-bond acceptors (Lipinski definition) is 6. The summed E-state index contributed by atoms with van der Waals surface area (Å²) in [6, 6.07) is 18.5. The Labute approximate surface area is 190 Å². The maximum atomic E-state index is 12.0. The lowest BCUT2D eigenvalue weighted by Gasteiger charge is -2.15. The number of alkyl carbamates (subject to hydrolysis) is 1. The summed E-state index contributed by atoms with van der Waals surface area (Å²) >= 11 is 0. The van der Waals surface area contributed by atoms with Crippen LogP contribution in [-0.4, -0.2) is 39.4 Å². The molecule has 0 radical (unpaired) electrons. The van der Waals surface area contributed by atoms with Crippen LogP contribution in [0.25, 0.3) is 0 Å². The van der Waals surface area contributed by atoms with Gasteiger partial charge >= 0.3 is 12.1 Å². The summed E-state index contributed by atoms with van der Waals surface area (Å²) in [5.74, 6) is 0.0828. The zero-order valence-corrected chi connectivity index (χ0v) is 19.8. The molecule has 0 heterocycles. The van der Waals surface area contributed by atoms with Crippen molar-refractivity contribution in [2.45, 2.75) is 44.8 Å². The molecule has 2 aromatic carbocycles. The molecule has 32 heavy (non-hydrogen) atoms. The summed E-state index contributed by atoms with van der Waals surface area (Å²) < 4.78 is 15.9. The Hall–Kier alpha value is -3.31. The Morgan fingerprint density at radius 2 is 1.75 bits per heavy atom. The van der Waals surface area contributed by atoms with Gasteiger partial charge in [-0.3, -0.25) is 0 Å². The van der Waals surface area contributed by atoms with E-state index in [0.29, 0.717) is 12.4 Å². The number of benzene rings is 2. The normalized spacial score (nSPS) is 11.7. The lowest BCUT2D eigenvalue weighted by molar-refractivity contribution is -0.145. The molecule has 0 aliphatic heterocycles. The van der Waals surface area contributed by atoms with E-state index in [2.05, 4.69) is 31.0 Å². The molecular weight excluding hydrogens is 424 g/mol. The van der Waals surface area contributed by atoms with Crippen LogP contribution in [-0.2, 0) is 27.3 Å². The quantitative estimate of drug-likeness (QED) is 0.401. The van der Waals surface area contributed by atoms with Gasteiger partial charge in [-0.25, -0.2) is 9.59 Å². The Bertz CT molecular complexity index is 922. The Balaban J connectivity index is 1.79. The van der Waals surface area contributed by atoms with Crippen molar-refractivity contribution in [2.24, 2.45) is 0 Å². The van der Waals surface area contributed by atoms with Crippen molar-refractivity contribution >= 4 is 20.1 Å². The number of nitriles is 1. The fourth-order valence-electron chi connectivity index (χ4n) is 2.69. The first kappa shape index (κ1) is 25.0. The Kier molecular flexibility index (Phi) is 9.76. The minimum Gasteiger partial charge on any atom is -0.482 e. The lowest BCUT2D eigenvalue weighted by Crippen LogP contribution is -2.35. The molecule has 7 nitrogen and oxygen atoms in total. The van der Waals surface area contributed by atoms with Crippen molar-refractivity contribution in [3.63, 3.8) is 0 Å². The van der Waals surface area contributed by atoms with Crippen molar-refractivity contribution in [3.05, 3.63) is 65.7 Å². The monoisotopic (exact) mass is 454 g/mol. The van der Waals surface area contributed by atoms with E-state index in [0.717, 1.165) is 17.2 Å². The van der Waals surface area contributed by atoms with Crippen LogP contribution in [0, 0.1) is 11.3 Å². The first-order valence-electron chi connectivity index (χ1n) is 10.5. The highest BCUT2D eigenvalue weighted by molar-refractivity contribution is 6.76. The molecule has 0 saturated carbocycles. The standard InChI is InChI=1S/C24H30N2O5Si/c1-32(2,3)13-12-29-23(27)18-30-22-11-7-10-20(15-22)14-21(16-25)26-24(28)31-17-19-8-5-4-6-9-19/h4-11,15,21H,12-14,17-18H2,1-3H3,(H,26,28)/t21-/m0/s1. The zero-order chi connectivity index (χ0) is 23.4. The van der Waals surface area contributed by atoms with Gasteiger partial charge in [0.25, 0.3) is 0 Å². The second-order valence-electron chi connectivity index (χ2n) is 8.56. The van der Waals surface area contributed by atoms with Gasteiger partial charge in [-0.15, -0.1) is 0 Å². The van der Waals surface area contributed by atoms with Crippen LogP contribution in [0.4, 0.5) is 4.79 Å². The number of ether oxygens (including phenoxy) is 3. The smallest absolute Gasteiger partial charge is 0.408 e. The second kappa shape index (κ2) is 12.5.